The number of carbonyl (C=O) groups is 1. The van der Waals surface area contributed by atoms with Crippen LogP contribution in [0.25, 0.3) is 32.7 Å². The molecule has 80 heavy (non-hydrogen) atoms. The van der Waals surface area contributed by atoms with Crippen LogP contribution in [0.4, 0.5) is 11.5 Å². The second kappa shape index (κ2) is 22.5. The van der Waals surface area contributed by atoms with Crippen LogP contribution in [0.3, 0.4) is 0 Å². The first-order chi connectivity index (χ1) is 38.9. The zero-order chi connectivity index (χ0) is 54.6. The number of benzene rings is 2. The minimum absolute atomic E-state index is 0.0298. The van der Waals surface area contributed by atoms with Gasteiger partial charge in [0.2, 0.25) is 11.8 Å². The number of piperazine rings is 1. The Hall–Kier alpha value is -6.48. The number of ether oxygens (including phenoxy) is 2. The zero-order valence-corrected chi connectivity index (χ0v) is 47.1. The number of phenolic OH excluding ortho intramolecular Hbond substituents is 1. The lowest BCUT2D eigenvalue weighted by atomic mass is 9.81. The van der Waals surface area contributed by atoms with Crippen LogP contribution in [0.15, 0.2) is 89.0 Å². The number of nitrogens with zero attached hydrogens (tertiary/aromatic N) is 10. The van der Waals surface area contributed by atoms with Crippen LogP contribution >= 0.6 is 11.3 Å². The van der Waals surface area contributed by atoms with E-state index < -0.39 is 12.0 Å². The number of epoxide rings is 1. The molecule has 5 aromatic heterocycles. The van der Waals surface area contributed by atoms with Gasteiger partial charge in [-0.2, -0.15) is 0 Å². The first-order valence-electron chi connectivity index (χ1n) is 29.0. The van der Waals surface area contributed by atoms with Gasteiger partial charge in [-0.3, -0.25) is 15.0 Å². The molecule has 18 nitrogen and oxygen atoms in total. The third-order valence-corrected chi connectivity index (χ3v) is 19.0. The van der Waals surface area contributed by atoms with Crippen LogP contribution in [-0.2, 0) is 22.5 Å². The molecule has 6 aliphatic rings. The van der Waals surface area contributed by atoms with Crippen molar-refractivity contribution in [3.63, 3.8) is 0 Å². The second-order valence-corrected chi connectivity index (χ2v) is 24.6. The number of hydrogen-bond acceptors (Lipinski definition) is 17. The molecule has 420 valence electrons. The number of anilines is 2. The van der Waals surface area contributed by atoms with Crippen molar-refractivity contribution in [2.45, 2.75) is 115 Å². The average molecular weight is 1100 g/mol. The van der Waals surface area contributed by atoms with Gasteiger partial charge in [0.15, 0.2) is 17.2 Å². The molecule has 2 aromatic carbocycles. The number of piperidine rings is 1. The molecular weight excluding hydrogens is 1030 g/mol. The van der Waals surface area contributed by atoms with Gasteiger partial charge in [0.25, 0.3) is 0 Å². The molecule has 10 heterocycles. The van der Waals surface area contributed by atoms with Crippen molar-refractivity contribution >= 4 is 39.8 Å². The summed E-state index contributed by atoms with van der Waals surface area (Å²) in [6, 6.07) is 23.8. The second-order valence-electron chi connectivity index (χ2n) is 23.8. The molecule has 4 N–H and O–H groups in total. The SMILES string of the molecule is Cc1ncsc1-c1ccc([C@H](C)NC2OC2[C@@H]2C[C@@H](O)CN2C(=O)[C@@H](c2cc(N3CCN(CC4CCN(CC5CC(Oc6cc(N7CCc8c([nH]c9nnc(-c%10ccccc%10O)cc89)C7)ccn6)C5)CC4)CC3)no2)C(C)C)cc1. The van der Waals surface area contributed by atoms with Crippen molar-refractivity contribution in [1.82, 2.24) is 50.3 Å². The van der Waals surface area contributed by atoms with E-state index in [0.717, 1.165) is 130 Å². The monoisotopic (exact) mass is 1100 g/mol. The Morgan fingerprint density at radius 1 is 0.887 bits per heavy atom. The molecule has 1 amide bonds. The van der Waals surface area contributed by atoms with Gasteiger partial charge in [-0.05, 0) is 124 Å². The summed E-state index contributed by atoms with van der Waals surface area (Å²) >= 11 is 1.65. The Morgan fingerprint density at radius 3 is 2.45 bits per heavy atom. The molecule has 0 bridgehead atoms. The number of thiazole rings is 1. The summed E-state index contributed by atoms with van der Waals surface area (Å²) in [4.78, 5) is 40.0. The Balaban J connectivity index is 0.531. The molecule has 5 fully saturated rings. The molecule has 0 radical (unpaired) electrons. The Kier molecular flexibility index (Phi) is 14.8. The van der Waals surface area contributed by atoms with Crippen molar-refractivity contribution in [1.29, 1.82) is 0 Å². The van der Waals surface area contributed by atoms with Gasteiger partial charge in [-0.15, -0.1) is 21.5 Å². The number of H-pyrrole nitrogens is 1. The number of aromatic nitrogens is 6. The molecule has 7 aromatic rings. The first-order valence-corrected chi connectivity index (χ1v) is 29.9. The fraction of sp³-hybridized carbons (Fsp3) is 0.508. The van der Waals surface area contributed by atoms with Gasteiger partial charge in [-0.25, -0.2) is 9.97 Å². The topological polar surface area (TPSA) is 201 Å². The lowest BCUT2D eigenvalue weighted by molar-refractivity contribution is -0.135. The standard InChI is InChI=1S/C61H74N12O6S/c1-36(2)56(61(76)73-33-44(74)28-51(73)57-60(78-57)64-37(3)41-9-11-42(12-10-41)58-38(4)63-35-80-58)53-30-54(68-79-53)71-23-21-70(22-24-71)31-39-14-18-69(19-15-39)32-40-25-45(26-40)77-55-27-43(13-17-62-55)72-20-16-46-48-29-49(47-7-5-6-8-52(47)75)66-67-59(48)65-50(46)34-72/h5-13,17,27,29-30,35-37,39-40,44-45,51,56-57,60,64,74-75H,14-16,18-26,28,31-34H2,1-4H3,(H,65,67)/t37-,40?,44+,45?,51-,56+,57?,60?/m0/s1. The van der Waals surface area contributed by atoms with E-state index in [0.29, 0.717) is 41.2 Å². The zero-order valence-electron chi connectivity index (χ0n) is 46.3. The van der Waals surface area contributed by atoms with Crippen molar-refractivity contribution in [3.05, 3.63) is 113 Å². The maximum absolute atomic E-state index is 14.5. The van der Waals surface area contributed by atoms with Gasteiger partial charge in [0.05, 0.1) is 40.5 Å². The number of aryl methyl sites for hydroxylation is 1. The molecule has 19 heteroatoms. The van der Waals surface area contributed by atoms with Gasteiger partial charge < -0.3 is 48.8 Å². The molecule has 2 unspecified atom stereocenters. The quantitative estimate of drug-likeness (QED) is 0.0636. The number of phenols is 1. The maximum Gasteiger partial charge on any atom is 0.234 e. The molecular formula is C61H74N12O6S. The molecule has 13 rings (SSSR count). The molecule has 1 saturated carbocycles. The molecule has 0 spiro atoms. The highest BCUT2D eigenvalue weighted by Gasteiger charge is 2.53. The van der Waals surface area contributed by atoms with Crippen LogP contribution in [0, 0.1) is 24.7 Å². The van der Waals surface area contributed by atoms with E-state index in [1.807, 2.05) is 53.9 Å². The Morgan fingerprint density at radius 2 is 1.68 bits per heavy atom. The highest BCUT2D eigenvalue weighted by molar-refractivity contribution is 7.13. The van der Waals surface area contributed by atoms with E-state index in [2.05, 4.69) is 112 Å². The number of hydrogen-bond donors (Lipinski definition) is 4. The summed E-state index contributed by atoms with van der Waals surface area (Å²) in [6.45, 7) is 18.4. The number of aliphatic hydroxyl groups is 1. The highest BCUT2D eigenvalue weighted by Crippen LogP contribution is 2.40. The van der Waals surface area contributed by atoms with Crippen LogP contribution in [0.1, 0.15) is 93.1 Å². The molecule has 1 aliphatic carbocycles. The number of fused-ring (bicyclic) bond motifs is 3. The Bertz CT molecular complexity index is 3290. The number of rotatable bonds is 17. The number of aromatic hydroxyl groups is 1. The summed E-state index contributed by atoms with van der Waals surface area (Å²) in [5.41, 5.74) is 10.9. The number of pyridine rings is 1. The van der Waals surface area contributed by atoms with Crippen LogP contribution < -0.4 is 19.9 Å². The van der Waals surface area contributed by atoms with E-state index in [1.165, 1.54) is 23.3 Å². The maximum atomic E-state index is 14.5. The first kappa shape index (κ1) is 52.9. The number of aromatic amines is 1. The van der Waals surface area contributed by atoms with E-state index in [-0.39, 0.29) is 54.6 Å². The minimum atomic E-state index is -0.607. The fourth-order valence-corrected chi connectivity index (χ4v) is 14.2. The summed E-state index contributed by atoms with van der Waals surface area (Å²) < 4.78 is 18.7. The lowest BCUT2D eigenvalue weighted by Gasteiger charge is -2.42. The van der Waals surface area contributed by atoms with Crippen LogP contribution in [0.5, 0.6) is 11.6 Å². The van der Waals surface area contributed by atoms with Crippen molar-refractivity contribution < 1.29 is 29.0 Å². The van der Waals surface area contributed by atoms with Gasteiger partial charge >= 0.3 is 0 Å². The normalized spacial score (nSPS) is 24.6. The van der Waals surface area contributed by atoms with E-state index >= 15 is 0 Å². The number of aliphatic hydroxyl groups excluding tert-OH is 1. The smallest absolute Gasteiger partial charge is 0.234 e. The highest BCUT2D eigenvalue weighted by atomic mass is 32.1. The van der Waals surface area contributed by atoms with Gasteiger partial charge in [0, 0.05) is 99.1 Å². The third-order valence-electron chi connectivity index (χ3n) is 18.0. The third kappa shape index (κ3) is 11.0. The van der Waals surface area contributed by atoms with Crippen molar-refractivity contribution in [3.8, 4) is 33.3 Å². The predicted octanol–water partition coefficient (Wildman–Crippen LogP) is 8.18. The van der Waals surface area contributed by atoms with Crippen LogP contribution in [0.2, 0.25) is 0 Å². The number of likely N-dealkylation sites (tertiary alicyclic amines) is 2. The van der Waals surface area contributed by atoms with Crippen LogP contribution in [-0.4, -0.2) is 157 Å². The summed E-state index contributed by atoms with van der Waals surface area (Å²) in [5.74, 6) is 3.02. The van der Waals surface area contributed by atoms with E-state index in [4.69, 9.17) is 14.0 Å². The Labute approximate surface area is 471 Å². The molecule has 4 saturated heterocycles. The number of para-hydroxylation sites is 1. The molecule has 5 aliphatic heterocycles. The van der Waals surface area contributed by atoms with E-state index in [1.54, 1.807) is 17.4 Å². The summed E-state index contributed by atoms with van der Waals surface area (Å²) in [7, 11) is 0. The van der Waals surface area contributed by atoms with Gasteiger partial charge in [-0.1, -0.05) is 55.4 Å². The lowest BCUT2D eigenvalue weighted by Crippen LogP contribution is -2.49. The van der Waals surface area contributed by atoms with Crippen molar-refractivity contribution in [2.75, 3.05) is 75.2 Å². The van der Waals surface area contributed by atoms with Gasteiger partial charge in [0.1, 0.15) is 30.1 Å². The number of β-amino-alcohol motifs (C(OH)–C–C–N with tert-alkyl or cyclic N) is 1. The largest absolute Gasteiger partial charge is 0.507 e. The summed E-state index contributed by atoms with van der Waals surface area (Å²) in [6.07, 6.45) is 6.97. The molecule has 6 atom stereocenters. The summed E-state index contributed by atoms with van der Waals surface area (Å²) in [5, 5.41) is 39.4. The fourth-order valence-electron chi connectivity index (χ4n) is 13.4. The predicted molar refractivity (Wildman–Crippen MR) is 308 cm³/mol. The number of amides is 1. The number of nitrogens with one attached hydrogen (secondary N) is 2. The minimum Gasteiger partial charge on any atom is -0.507 e. The average Bonchev–Trinajstić information content (AvgIpc) is 4.06. The van der Waals surface area contributed by atoms with Crippen molar-refractivity contribution in [2.24, 2.45) is 17.8 Å². The van der Waals surface area contributed by atoms with E-state index in [9.17, 15) is 15.0 Å². The number of carbonyl (C=O) groups excluding carboxylic acids is 1.